The number of hydrogen-bond acceptors (Lipinski definition) is 2. The lowest BCUT2D eigenvalue weighted by Gasteiger charge is -2.20. The number of anilines is 1. The summed E-state index contributed by atoms with van der Waals surface area (Å²) in [7, 11) is 5.84. The second-order valence-electron chi connectivity index (χ2n) is 4.54. The normalized spacial score (nSPS) is 11.9. The van der Waals surface area contributed by atoms with Crippen LogP contribution in [-0.4, -0.2) is 39.1 Å². The number of nitrogens with zero attached hydrogens (tertiary/aromatic N) is 2. The van der Waals surface area contributed by atoms with Crippen LogP contribution in [0.2, 0.25) is 0 Å². The summed E-state index contributed by atoms with van der Waals surface area (Å²) in [6.45, 7) is 1.74. The Kier molecular flexibility index (Phi) is 5.02. The van der Waals surface area contributed by atoms with E-state index in [1.165, 1.54) is 6.07 Å². The molecule has 0 spiro atoms. The van der Waals surface area contributed by atoms with E-state index in [0.717, 1.165) is 31.6 Å². The quantitative estimate of drug-likeness (QED) is 0.802. The van der Waals surface area contributed by atoms with Gasteiger partial charge in [-0.15, -0.1) is 0 Å². The molecule has 0 saturated carbocycles. The van der Waals surface area contributed by atoms with Crippen LogP contribution in [0.3, 0.4) is 0 Å². The molecule has 0 bridgehead atoms. The molecule has 1 rings (SSSR count). The van der Waals surface area contributed by atoms with Crippen molar-refractivity contribution in [1.82, 2.24) is 4.90 Å². The lowest BCUT2D eigenvalue weighted by Crippen LogP contribution is -2.23. The Morgan fingerprint density at radius 3 is 2.22 bits per heavy atom. The average Bonchev–Trinajstić information content (AvgIpc) is 2.27. The minimum absolute atomic E-state index is 0.659. The maximum atomic E-state index is 12.4. The molecule has 1 radical (unpaired) electrons. The van der Waals surface area contributed by atoms with Crippen LogP contribution >= 0.6 is 0 Å². The van der Waals surface area contributed by atoms with Crippen molar-refractivity contribution in [2.45, 2.75) is 12.6 Å². The minimum Gasteiger partial charge on any atom is -0.374 e. The van der Waals surface area contributed by atoms with Gasteiger partial charge >= 0.3 is 6.18 Å². The second kappa shape index (κ2) is 6.09. The summed E-state index contributed by atoms with van der Waals surface area (Å²) < 4.78 is 37.1. The molecule has 0 aliphatic rings. The molecule has 0 aliphatic carbocycles. The summed E-state index contributed by atoms with van der Waals surface area (Å²) in [6, 6.07) is 6.22. The Morgan fingerprint density at radius 2 is 1.78 bits per heavy atom. The fourth-order valence-electron chi connectivity index (χ4n) is 1.57. The zero-order valence-electron chi connectivity index (χ0n) is 10.9. The topological polar surface area (TPSA) is 6.48 Å². The molecule has 2 nitrogen and oxygen atoms in total. The number of hydrogen-bond donors (Lipinski definition) is 0. The fraction of sp³-hybridized carbons (Fsp3) is 0.538. The summed E-state index contributed by atoms with van der Waals surface area (Å²) in [6.07, 6.45) is -3.34. The molecule has 0 saturated heterocycles. The van der Waals surface area contributed by atoms with Crippen molar-refractivity contribution in [2.24, 2.45) is 0 Å². The summed E-state index contributed by atoms with van der Waals surface area (Å²) in [5.74, 6) is 0. The van der Waals surface area contributed by atoms with E-state index in [4.69, 9.17) is 0 Å². The Labute approximate surface area is 106 Å². The van der Waals surface area contributed by atoms with E-state index >= 15 is 0 Å². The monoisotopic (exact) mass is 259 g/mol. The predicted molar refractivity (Wildman–Crippen MR) is 66.7 cm³/mol. The van der Waals surface area contributed by atoms with Crippen molar-refractivity contribution >= 4 is 5.69 Å². The van der Waals surface area contributed by atoms with Gasteiger partial charge in [0.25, 0.3) is 0 Å². The lowest BCUT2D eigenvalue weighted by atomic mass is 10.2. The van der Waals surface area contributed by atoms with Crippen molar-refractivity contribution in [3.63, 3.8) is 0 Å². The molecule has 1 aromatic rings. The summed E-state index contributed by atoms with van der Waals surface area (Å²) in [5, 5.41) is 0. The van der Waals surface area contributed by atoms with Crippen molar-refractivity contribution in [3.05, 3.63) is 29.8 Å². The highest BCUT2D eigenvalue weighted by Crippen LogP contribution is 2.30. The molecule has 1 aromatic carbocycles. The van der Waals surface area contributed by atoms with E-state index in [2.05, 4.69) is 11.0 Å². The molecule has 0 unspecified atom stereocenters. The predicted octanol–water partition coefficient (Wildman–Crippen LogP) is 2.89. The van der Waals surface area contributed by atoms with Crippen molar-refractivity contribution in [3.8, 4) is 0 Å². The van der Waals surface area contributed by atoms with Crippen LogP contribution in [0.25, 0.3) is 0 Å². The highest BCUT2D eigenvalue weighted by atomic mass is 19.4. The van der Waals surface area contributed by atoms with E-state index in [9.17, 15) is 13.2 Å². The zero-order chi connectivity index (χ0) is 13.8. The van der Waals surface area contributed by atoms with Crippen LogP contribution in [0.4, 0.5) is 18.9 Å². The largest absolute Gasteiger partial charge is 0.416 e. The Morgan fingerprint density at radius 1 is 1.11 bits per heavy atom. The molecule has 0 N–H and O–H groups in total. The summed E-state index contributed by atoms with van der Waals surface area (Å²) in [5.41, 5.74) is 0.0229. The number of rotatable bonds is 5. The summed E-state index contributed by atoms with van der Waals surface area (Å²) in [4.78, 5) is 3.98. The van der Waals surface area contributed by atoms with Crippen LogP contribution in [0.1, 0.15) is 12.0 Å². The molecule has 0 atom stereocenters. The zero-order valence-corrected chi connectivity index (χ0v) is 10.9. The van der Waals surface area contributed by atoms with Crippen LogP contribution < -0.4 is 4.90 Å². The smallest absolute Gasteiger partial charge is 0.374 e. The molecule has 0 aromatic heterocycles. The Bertz CT molecular complexity index is 357. The van der Waals surface area contributed by atoms with E-state index in [0.29, 0.717) is 5.69 Å². The molecule has 101 valence electrons. The molecular weight excluding hydrogens is 241 g/mol. The van der Waals surface area contributed by atoms with Crippen molar-refractivity contribution in [1.29, 1.82) is 0 Å². The third-order valence-electron chi connectivity index (χ3n) is 2.63. The van der Waals surface area contributed by atoms with Gasteiger partial charge in [-0.2, -0.15) is 13.2 Å². The van der Waals surface area contributed by atoms with Crippen LogP contribution in [0.15, 0.2) is 18.2 Å². The summed E-state index contributed by atoms with van der Waals surface area (Å²) >= 11 is 0. The standard InChI is InChI=1S/C13H18F3N2/c1-17(2)9-4-10-18(3)12-7-5-11(6-8-12)13(14,15)16/h5-7H,4,9-10H2,1-3H3. The second-order valence-corrected chi connectivity index (χ2v) is 4.54. The average molecular weight is 259 g/mol. The minimum atomic E-state index is -4.29. The molecule has 18 heavy (non-hydrogen) atoms. The molecular formula is C13H18F3N2. The first-order valence-electron chi connectivity index (χ1n) is 5.75. The van der Waals surface area contributed by atoms with Gasteiger partial charge < -0.3 is 9.80 Å². The third-order valence-corrected chi connectivity index (χ3v) is 2.63. The van der Waals surface area contributed by atoms with Gasteiger partial charge in [0.15, 0.2) is 0 Å². The third kappa shape index (κ3) is 4.56. The van der Waals surface area contributed by atoms with Crippen molar-refractivity contribution < 1.29 is 13.2 Å². The SMILES string of the molecule is CN(C)CCCN(C)c1[c]cc(C(F)(F)F)cc1. The van der Waals surface area contributed by atoms with Crippen LogP contribution in [0.5, 0.6) is 0 Å². The molecule has 5 heteroatoms. The van der Waals surface area contributed by atoms with Gasteiger partial charge in [0.05, 0.1) is 5.56 Å². The molecule has 0 fully saturated rings. The van der Waals surface area contributed by atoms with Crippen LogP contribution in [-0.2, 0) is 6.18 Å². The highest BCUT2D eigenvalue weighted by Gasteiger charge is 2.30. The fourth-order valence-corrected chi connectivity index (χ4v) is 1.57. The molecule has 0 aliphatic heterocycles. The number of alkyl halides is 3. The van der Waals surface area contributed by atoms with Gasteiger partial charge in [-0.05, 0) is 45.3 Å². The first kappa shape index (κ1) is 14.8. The van der Waals surface area contributed by atoms with Crippen LogP contribution in [0, 0.1) is 6.07 Å². The van der Waals surface area contributed by atoms with Gasteiger partial charge in [0, 0.05) is 25.3 Å². The maximum Gasteiger partial charge on any atom is 0.416 e. The maximum absolute atomic E-state index is 12.4. The van der Waals surface area contributed by atoms with Gasteiger partial charge in [-0.1, -0.05) is 0 Å². The number of benzene rings is 1. The van der Waals surface area contributed by atoms with Gasteiger partial charge in [0.1, 0.15) is 0 Å². The molecule has 0 amide bonds. The van der Waals surface area contributed by atoms with E-state index < -0.39 is 11.7 Å². The van der Waals surface area contributed by atoms with Gasteiger partial charge in [-0.3, -0.25) is 0 Å². The van der Waals surface area contributed by atoms with Gasteiger partial charge in [-0.25, -0.2) is 0 Å². The Hall–Kier alpha value is -1.23. The van der Waals surface area contributed by atoms with Gasteiger partial charge in [0.2, 0.25) is 0 Å². The highest BCUT2D eigenvalue weighted by molar-refractivity contribution is 5.46. The van der Waals surface area contributed by atoms with E-state index in [1.807, 2.05) is 26.0 Å². The van der Waals surface area contributed by atoms with E-state index in [-0.39, 0.29) is 0 Å². The first-order chi connectivity index (χ1) is 8.30. The first-order valence-corrected chi connectivity index (χ1v) is 5.75. The number of halogens is 3. The molecule has 0 heterocycles. The van der Waals surface area contributed by atoms with E-state index in [1.54, 1.807) is 0 Å². The lowest BCUT2D eigenvalue weighted by molar-refractivity contribution is -0.137. The van der Waals surface area contributed by atoms with Crippen molar-refractivity contribution in [2.75, 3.05) is 39.1 Å². The Balaban J connectivity index is 2.56.